The largest absolute Gasteiger partial charge is 0.478 e. The fraction of sp³-hybridized carbons (Fsp3) is 0.357. The van der Waals surface area contributed by atoms with Crippen LogP contribution in [0.2, 0.25) is 0 Å². The van der Waals surface area contributed by atoms with Crippen LogP contribution in [-0.4, -0.2) is 55.4 Å². The molecule has 0 saturated carbocycles. The van der Waals surface area contributed by atoms with E-state index in [2.05, 4.69) is 10.3 Å². The Morgan fingerprint density at radius 3 is 2.86 bits per heavy atom. The lowest BCUT2D eigenvalue weighted by molar-refractivity contribution is -0.131. The molecule has 0 bridgehead atoms. The van der Waals surface area contributed by atoms with Crippen LogP contribution in [0.25, 0.3) is 6.08 Å². The molecule has 0 aliphatic heterocycles. The summed E-state index contributed by atoms with van der Waals surface area (Å²) in [6.07, 6.45) is 4.93. The Labute approximate surface area is 122 Å². The molecule has 1 atom stereocenters. The zero-order valence-corrected chi connectivity index (χ0v) is 11.9. The standard InChI is InChI=1S/C14H18N2O5/c1-20-9-11(21-2)8-16-14(19)12-5-6-15-7-10(12)3-4-13(17)18/h3-7,11H,8-9H2,1-2H3,(H,16,19)(H,17,18)/b4-3+. The highest BCUT2D eigenvalue weighted by atomic mass is 16.5. The second kappa shape index (κ2) is 8.83. The maximum Gasteiger partial charge on any atom is 0.328 e. The number of amides is 1. The molecule has 1 heterocycles. The molecule has 0 aliphatic rings. The van der Waals surface area contributed by atoms with Crippen molar-refractivity contribution in [3.05, 3.63) is 35.7 Å². The lowest BCUT2D eigenvalue weighted by Gasteiger charge is -2.15. The first kappa shape index (κ1) is 16.8. The normalized spacial score (nSPS) is 12.3. The van der Waals surface area contributed by atoms with Crippen LogP contribution in [0.4, 0.5) is 0 Å². The molecule has 0 fully saturated rings. The fourth-order valence-electron chi connectivity index (χ4n) is 1.61. The summed E-state index contributed by atoms with van der Waals surface area (Å²) in [4.78, 5) is 26.5. The van der Waals surface area contributed by atoms with Gasteiger partial charge in [-0.15, -0.1) is 0 Å². The number of pyridine rings is 1. The van der Waals surface area contributed by atoms with Crippen LogP contribution in [0, 0.1) is 0 Å². The minimum atomic E-state index is -1.09. The van der Waals surface area contributed by atoms with E-state index >= 15 is 0 Å². The van der Waals surface area contributed by atoms with Gasteiger partial charge in [-0.05, 0) is 12.1 Å². The molecule has 1 amide bonds. The number of hydrogen-bond acceptors (Lipinski definition) is 5. The van der Waals surface area contributed by atoms with Gasteiger partial charge in [0.25, 0.3) is 5.91 Å². The molecular formula is C14H18N2O5. The summed E-state index contributed by atoms with van der Waals surface area (Å²) < 4.78 is 10.1. The van der Waals surface area contributed by atoms with Gasteiger partial charge in [0.15, 0.2) is 0 Å². The summed E-state index contributed by atoms with van der Waals surface area (Å²) in [7, 11) is 3.08. The first-order valence-corrected chi connectivity index (χ1v) is 6.23. The summed E-state index contributed by atoms with van der Waals surface area (Å²) in [6.45, 7) is 0.645. The van der Waals surface area contributed by atoms with E-state index in [9.17, 15) is 9.59 Å². The van der Waals surface area contributed by atoms with Crippen molar-refractivity contribution >= 4 is 18.0 Å². The number of aromatic nitrogens is 1. The smallest absolute Gasteiger partial charge is 0.328 e. The van der Waals surface area contributed by atoms with E-state index in [0.717, 1.165) is 6.08 Å². The average molecular weight is 294 g/mol. The Balaban J connectivity index is 2.76. The van der Waals surface area contributed by atoms with Crippen LogP contribution in [0.15, 0.2) is 24.5 Å². The molecule has 2 N–H and O–H groups in total. The zero-order chi connectivity index (χ0) is 15.7. The van der Waals surface area contributed by atoms with Gasteiger partial charge in [-0.1, -0.05) is 0 Å². The number of carbonyl (C=O) groups is 2. The molecule has 7 heteroatoms. The predicted molar refractivity (Wildman–Crippen MR) is 75.9 cm³/mol. The molecule has 1 aromatic heterocycles. The van der Waals surface area contributed by atoms with E-state index in [-0.39, 0.29) is 18.6 Å². The summed E-state index contributed by atoms with van der Waals surface area (Å²) in [5.41, 5.74) is 0.771. The number of carboxylic acid groups (broad SMARTS) is 1. The van der Waals surface area contributed by atoms with Crippen LogP contribution in [0.5, 0.6) is 0 Å². The van der Waals surface area contributed by atoms with Crippen LogP contribution in [0.1, 0.15) is 15.9 Å². The molecule has 0 saturated heterocycles. The Hall–Kier alpha value is -2.25. The molecule has 21 heavy (non-hydrogen) atoms. The van der Waals surface area contributed by atoms with Gasteiger partial charge in [-0.2, -0.15) is 0 Å². The fourth-order valence-corrected chi connectivity index (χ4v) is 1.61. The van der Waals surface area contributed by atoms with Gasteiger partial charge in [0.1, 0.15) is 0 Å². The number of nitrogens with zero attached hydrogens (tertiary/aromatic N) is 1. The van der Waals surface area contributed by atoms with Crippen LogP contribution in [0.3, 0.4) is 0 Å². The van der Waals surface area contributed by atoms with Crippen molar-refractivity contribution < 1.29 is 24.2 Å². The number of hydrogen-bond donors (Lipinski definition) is 2. The van der Waals surface area contributed by atoms with E-state index in [0.29, 0.717) is 17.7 Å². The molecule has 1 unspecified atom stereocenters. The number of methoxy groups -OCH3 is 2. The first-order valence-electron chi connectivity index (χ1n) is 6.23. The SMILES string of the molecule is COCC(CNC(=O)c1ccncc1/C=C/C(=O)O)OC. The molecule has 1 rings (SSSR count). The highest BCUT2D eigenvalue weighted by Gasteiger charge is 2.13. The molecule has 0 radical (unpaired) electrons. The van der Waals surface area contributed by atoms with Crippen molar-refractivity contribution in [2.45, 2.75) is 6.10 Å². The summed E-state index contributed by atoms with van der Waals surface area (Å²) in [6, 6.07) is 1.52. The van der Waals surface area contributed by atoms with Gasteiger partial charge in [-0.25, -0.2) is 4.79 Å². The first-order chi connectivity index (χ1) is 10.1. The minimum absolute atomic E-state index is 0.251. The Bertz CT molecular complexity index is 516. The second-order valence-corrected chi connectivity index (χ2v) is 4.16. The lowest BCUT2D eigenvalue weighted by atomic mass is 10.1. The zero-order valence-electron chi connectivity index (χ0n) is 11.9. The monoisotopic (exact) mass is 294 g/mol. The van der Waals surface area contributed by atoms with Gasteiger partial charge in [0, 0.05) is 50.4 Å². The van der Waals surface area contributed by atoms with Crippen molar-refractivity contribution in [1.82, 2.24) is 10.3 Å². The third-order valence-electron chi connectivity index (χ3n) is 2.68. The second-order valence-electron chi connectivity index (χ2n) is 4.16. The van der Waals surface area contributed by atoms with Crippen LogP contribution < -0.4 is 5.32 Å². The van der Waals surface area contributed by atoms with Gasteiger partial charge >= 0.3 is 5.97 Å². The van der Waals surface area contributed by atoms with Crippen LogP contribution >= 0.6 is 0 Å². The number of nitrogens with one attached hydrogen (secondary N) is 1. The molecule has 114 valence electrons. The highest BCUT2D eigenvalue weighted by Crippen LogP contribution is 2.09. The molecule has 0 spiro atoms. The van der Waals surface area contributed by atoms with Crippen molar-refractivity contribution in [3.8, 4) is 0 Å². The third kappa shape index (κ3) is 5.72. The van der Waals surface area contributed by atoms with E-state index < -0.39 is 5.97 Å². The minimum Gasteiger partial charge on any atom is -0.478 e. The summed E-state index contributed by atoms with van der Waals surface area (Å²) in [5, 5.41) is 11.3. The molecule has 1 aromatic rings. The predicted octanol–water partition coefficient (Wildman–Crippen LogP) is 0.571. The molecule has 7 nitrogen and oxygen atoms in total. The van der Waals surface area contributed by atoms with Crippen molar-refractivity contribution in [1.29, 1.82) is 0 Å². The van der Waals surface area contributed by atoms with Crippen molar-refractivity contribution in [2.75, 3.05) is 27.4 Å². The van der Waals surface area contributed by atoms with E-state index in [1.54, 1.807) is 7.11 Å². The Morgan fingerprint density at radius 2 is 2.24 bits per heavy atom. The number of ether oxygens (including phenoxy) is 2. The maximum absolute atomic E-state index is 12.1. The third-order valence-corrected chi connectivity index (χ3v) is 2.68. The summed E-state index contributed by atoms with van der Waals surface area (Å²) >= 11 is 0. The topological polar surface area (TPSA) is 97.8 Å². The van der Waals surface area contributed by atoms with E-state index in [1.165, 1.54) is 31.6 Å². The number of carbonyl (C=O) groups excluding carboxylic acids is 1. The molecule has 0 aliphatic carbocycles. The van der Waals surface area contributed by atoms with Gasteiger partial charge in [0.2, 0.25) is 0 Å². The average Bonchev–Trinajstić information content (AvgIpc) is 2.49. The van der Waals surface area contributed by atoms with Gasteiger partial charge in [-0.3, -0.25) is 9.78 Å². The maximum atomic E-state index is 12.1. The van der Waals surface area contributed by atoms with Crippen molar-refractivity contribution in [3.63, 3.8) is 0 Å². The van der Waals surface area contributed by atoms with Crippen molar-refractivity contribution in [2.24, 2.45) is 0 Å². The number of rotatable bonds is 8. The highest BCUT2D eigenvalue weighted by molar-refractivity contribution is 5.98. The molecular weight excluding hydrogens is 276 g/mol. The van der Waals surface area contributed by atoms with E-state index in [4.69, 9.17) is 14.6 Å². The lowest BCUT2D eigenvalue weighted by Crippen LogP contribution is -2.35. The van der Waals surface area contributed by atoms with Gasteiger partial charge < -0.3 is 19.9 Å². The number of carboxylic acids is 1. The Kier molecular flexibility index (Phi) is 7.06. The van der Waals surface area contributed by atoms with Gasteiger partial charge in [0.05, 0.1) is 12.7 Å². The Morgan fingerprint density at radius 1 is 1.48 bits per heavy atom. The number of aliphatic carboxylic acids is 1. The quantitative estimate of drug-likeness (QED) is 0.680. The van der Waals surface area contributed by atoms with E-state index in [1.807, 2.05) is 0 Å². The molecule has 0 aromatic carbocycles. The summed E-state index contributed by atoms with van der Waals surface area (Å²) in [5.74, 6) is -1.43. The van der Waals surface area contributed by atoms with Crippen LogP contribution in [-0.2, 0) is 14.3 Å².